The minimum atomic E-state index is -0.562. The molecule has 0 aliphatic rings. The highest BCUT2D eigenvalue weighted by Gasteiger charge is 2.15. The molecule has 0 spiro atoms. The summed E-state index contributed by atoms with van der Waals surface area (Å²) in [7, 11) is 0. The van der Waals surface area contributed by atoms with Gasteiger partial charge in [0.2, 0.25) is 0 Å². The van der Waals surface area contributed by atoms with Crippen LogP contribution >= 0.6 is 22.6 Å². The molecule has 0 atom stereocenters. The monoisotopic (exact) mass is 399 g/mol. The first-order chi connectivity index (χ1) is 10.1. The molecule has 1 heterocycles. The molecule has 0 fully saturated rings. The normalized spacial score (nSPS) is 9.95. The molecule has 2 aromatic rings. The van der Waals surface area contributed by atoms with Crippen molar-refractivity contribution in [2.75, 3.05) is 11.9 Å². The molecule has 2 rings (SSSR count). The predicted molar refractivity (Wildman–Crippen MR) is 84.2 cm³/mol. The molecule has 0 aliphatic heterocycles. The Hall–Kier alpha value is -2.23. The molecule has 1 aromatic heterocycles. The van der Waals surface area contributed by atoms with Crippen LogP contribution in [0, 0.1) is 13.7 Å². The van der Waals surface area contributed by atoms with Gasteiger partial charge in [-0.1, -0.05) is 12.1 Å². The number of ether oxygens (including phenoxy) is 1. The Kier molecular flexibility index (Phi) is 5.04. The van der Waals surface area contributed by atoms with Crippen molar-refractivity contribution < 1.29 is 14.5 Å². The van der Waals surface area contributed by atoms with Crippen molar-refractivity contribution in [2.45, 2.75) is 0 Å². The van der Waals surface area contributed by atoms with Gasteiger partial charge in [-0.25, -0.2) is 4.98 Å². The smallest absolute Gasteiger partial charge is 0.310 e. The molecule has 7 nitrogen and oxygen atoms in total. The number of para-hydroxylation sites is 2. The second kappa shape index (κ2) is 6.97. The van der Waals surface area contributed by atoms with E-state index < -0.39 is 10.8 Å². The Morgan fingerprint density at radius 2 is 2.10 bits per heavy atom. The number of benzene rings is 1. The van der Waals surface area contributed by atoms with Gasteiger partial charge >= 0.3 is 5.69 Å². The Bertz CT molecular complexity index is 661. The van der Waals surface area contributed by atoms with E-state index >= 15 is 0 Å². The van der Waals surface area contributed by atoms with Crippen LogP contribution < -0.4 is 10.1 Å². The number of nitrogens with zero attached hydrogens (tertiary/aromatic N) is 2. The van der Waals surface area contributed by atoms with Gasteiger partial charge in [-0.15, -0.1) is 0 Å². The maximum atomic E-state index is 11.7. The van der Waals surface area contributed by atoms with E-state index in [1.165, 1.54) is 18.2 Å². The second-order valence-corrected chi connectivity index (χ2v) is 5.17. The van der Waals surface area contributed by atoms with Crippen LogP contribution in [0.3, 0.4) is 0 Å². The van der Waals surface area contributed by atoms with E-state index in [1.54, 1.807) is 24.4 Å². The van der Waals surface area contributed by atoms with Crippen molar-refractivity contribution in [1.82, 2.24) is 4.98 Å². The molecule has 0 saturated carbocycles. The summed E-state index contributed by atoms with van der Waals surface area (Å²) in [5.74, 6) is 0.00153. The summed E-state index contributed by atoms with van der Waals surface area (Å²) in [4.78, 5) is 26.0. The number of amides is 1. The molecule has 8 heteroatoms. The summed E-state index contributed by atoms with van der Waals surface area (Å²) in [6.45, 7) is -0.335. The molecule has 0 unspecified atom stereocenters. The van der Waals surface area contributed by atoms with Crippen molar-refractivity contribution in [2.24, 2.45) is 0 Å². The molecule has 1 amide bonds. The fraction of sp³-hybridized carbons (Fsp3) is 0.0769. The van der Waals surface area contributed by atoms with Gasteiger partial charge in [-0.2, -0.15) is 0 Å². The maximum Gasteiger partial charge on any atom is 0.310 e. The third-order valence-electron chi connectivity index (χ3n) is 2.42. The summed E-state index contributed by atoms with van der Waals surface area (Å²) in [5, 5.41) is 13.3. The second-order valence-electron chi connectivity index (χ2n) is 3.92. The van der Waals surface area contributed by atoms with Crippen LogP contribution in [0.2, 0.25) is 0 Å². The van der Waals surface area contributed by atoms with Gasteiger partial charge in [0.1, 0.15) is 5.82 Å². The number of nitro benzene ring substituents is 1. The number of rotatable bonds is 5. The highest BCUT2D eigenvalue weighted by atomic mass is 127. The zero-order valence-corrected chi connectivity index (χ0v) is 12.8. The number of hydrogen-bond acceptors (Lipinski definition) is 5. The van der Waals surface area contributed by atoms with Crippen molar-refractivity contribution in [3.05, 3.63) is 56.3 Å². The molecule has 0 bridgehead atoms. The third kappa shape index (κ3) is 4.38. The molecular formula is C13H10IN3O4. The molecule has 21 heavy (non-hydrogen) atoms. The summed E-state index contributed by atoms with van der Waals surface area (Å²) in [6, 6.07) is 9.33. The van der Waals surface area contributed by atoms with E-state index in [1.807, 2.05) is 0 Å². The Labute approximate surface area is 133 Å². The van der Waals surface area contributed by atoms with E-state index in [2.05, 4.69) is 32.9 Å². The van der Waals surface area contributed by atoms with Crippen molar-refractivity contribution >= 4 is 40.0 Å². The number of pyridine rings is 1. The zero-order valence-electron chi connectivity index (χ0n) is 10.7. The molecule has 1 N–H and O–H groups in total. The number of anilines is 1. The van der Waals surface area contributed by atoms with E-state index in [0.717, 1.165) is 3.57 Å². The van der Waals surface area contributed by atoms with Gasteiger partial charge < -0.3 is 10.1 Å². The number of halogens is 1. The highest BCUT2D eigenvalue weighted by Crippen LogP contribution is 2.25. The van der Waals surface area contributed by atoms with Gasteiger partial charge in [0.25, 0.3) is 5.91 Å². The Morgan fingerprint density at radius 3 is 2.76 bits per heavy atom. The first kappa shape index (κ1) is 15.2. The van der Waals surface area contributed by atoms with E-state index in [4.69, 9.17) is 4.74 Å². The lowest BCUT2D eigenvalue weighted by Gasteiger charge is -2.07. The van der Waals surface area contributed by atoms with Gasteiger partial charge in [-0.3, -0.25) is 14.9 Å². The maximum absolute atomic E-state index is 11.7. The number of carbonyl (C=O) groups is 1. The van der Waals surface area contributed by atoms with Gasteiger partial charge in [0.15, 0.2) is 12.4 Å². The van der Waals surface area contributed by atoms with Crippen molar-refractivity contribution in [3.63, 3.8) is 0 Å². The number of nitrogens with one attached hydrogen (secondary N) is 1. The lowest BCUT2D eigenvalue weighted by Crippen LogP contribution is -2.21. The van der Waals surface area contributed by atoms with E-state index in [0.29, 0.717) is 5.82 Å². The molecule has 1 aromatic carbocycles. The minimum Gasteiger partial charge on any atom is -0.477 e. The zero-order chi connectivity index (χ0) is 15.2. The fourth-order valence-electron chi connectivity index (χ4n) is 1.50. The highest BCUT2D eigenvalue weighted by molar-refractivity contribution is 14.1. The van der Waals surface area contributed by atoms with Crippen LogP contribution in [-0.2, 0) is 4.79 Å². The standard InChI is InChI=1S/C13H10IN3O4/c14-9-5-6-12(15-7-9)16-13(18)8-21-11-4-2-1-3-10(11)17(19)20/h1-7H,8H2,(H,15,16,18). The fourth-order valence-corrected chi connectivity index (χ4v) is 1.82. The van der Waals surface area contributed by atoms with Crippen molar-refractivity contribution in [1.29, 1.82) is 0 Å². The number of carbonyl (C=O) groups excluding carboxylic acids is 1. The Morgan fingerprint density at radius 1 is 1.33 bits per heavy atom. The average molecular weight is 399 g/mol. The molecule has 108 valence electrons. The van der Waals surface area contributed by atoms with Crippen LogP contribution in [0.1, 0.15) is 0 Å². The largest absolute Gasteiger partial charge is 0.477 e. The van der Waals surface area contributed by atoms with E-state index in [-0.39, 0.29) is 18.0 Å². The first-order valence-electron chi connectivity index (χ1n) is 5.84. The SMILES string of the molecule is O=C(COc1ccccc1[N+](=O)[O-])Nc1ccc(I)cn1. The van der Waals surface area contributed by atoms with E-state index in [9.17, 15) is 14.9 Å². The van der Waals surface area contributed by atoms with Gasteiger partial charge in [0, 0.05) is 15.8 Å². The van der Waals surface area contributed by atoms with Crippen LogP contribution in [0.15, 0.2) is 42.6 Å². The molecule has 0 radical (unpaired) electrons. The quantitative estimate of drug-likeness (QED) is 0.474. The van der Waals surface area contributed by atoms with Crippen LogP contribution in [-0.4, -0.2) is 22.4 Å². The van der Waals surface area contributed by atoms with Crippen LogP contribution in [0.25, 0.3) is 0 Å². The topological polar surface area (TPSA) is 94.4 Å². The predicted octanol–water partition coefficient (Wildman–Crippen LogP) is 2.61. The summed E-state index contributed by atoms with van der Waals surface area (Å²) < 4.78 is 6.12. The van der Waals surface area contributed by atoms with Crippen molar-refractivity contribution in [3.8, 4) is 5.75 Å². The molecule has 0 aliphatic carbocycles. The number of hydrogen-bond donors (Lipinski definition) is 1. The number of aromatic nitrogens is 1. The number of nitro groups is 1. The summed E-state index contributed by atoms with van der Waals surface area (Å²) >= 11 is 2.10. The third-order valence-corrected chi connectivity index (χ3v) is 3.05. The summed E-state index contributed by atoms with van der Waals surface area (Å²) in [6.07, 6.45) is 1.61. The lowest BCUT2D eigenvalue weighted by atomic mass is 10.3. The van der Waals surface area contributed by atoms with Crippen LogP contribution in [0.4, 0.5) is 11.5 Å². The lowest BCUT2D eigenvalue weighted by molar-refractivity contribution is -0.385. The summed E-state index contributed by atoms with van der Waals surface area (Å²) in [5.41, 5.74) is -0.183. The molecular weight excluding hydrogens is 389 g/mol. The first-order valence-corrected chi connectivity index (χ1v) is 6.92. The minimum absolute atomic E-state index is 0.0493. The Balaban J connectivity index is 1.95. The van der Waals surface area contributed by atoms with Gasteiger partial charge in [0.05, 0.1) is 4.92 Å². The van der Waals surface area contributed by atoms with Gasteiger partial charge in [-0.05, 0) is 40.8 Å². The van der Waals surface area contributed by atoms with Crippen LogP contribution in [0.5, 0.6) is 5.75 Å². The molecule has 0 saturated heterocycles. The average Bonchev–Trinajstić information content (AvgIpc) is 2.48.